The molecule has 1 fully saturated rings. The van der Waals surface area contributed by atoms with E-state index < -0.39 is 11.6 Å². The molecule has 8 nitrogen and oxygen atoms in total. The fraction of sp³-hybridized carbons (Fsp3) is 0.333. The number of likely N-dealkylation sites (N-methyl/N-ethyl adjacent to an activating group) is 1. The SMILES string of the molecule is Cc1nc2c(F)cc(-c3cc(Nc4ncc(CN5CC6=CN(C)[C@@H]6C5)cn4)ncc3F)cc2n1C(C)C. The van der Waals surface area contributed by atoms with Crippen molar-refractivity contribution in [1.82, 2.24) is 34.3 Å². The summed E-state index contributed by atoms with van der Waals surface area (Å²) < 4.78 is 31.7. The van der Waals surface area contributed by atoms with Gasteiger partial charge in [0.05, 0.1) is 17.8 Å². The first-order chi connectivity index (χ1) is 17.8. The summed E-state index contributed by atoms with van der Waals surface area (Å²) in [6.07, 6.45) is 6.89. The van der Waals surface area contributed by atoms with E-state index in [4.69, 9.17) is 0 Å². The standard InChI is InChI=1S/C27H28F2N8/c1-15(2)37-16(3)33-26-21(28)5-18(6-23(26)37)20-7-25(30-10-22(20)29)34-27-31-8-17(9-32-27)11-36-13-19-12-35(4)24(19)14-36/h5-10,12,15,24H,11,13-14H2,1-4H3,(H,30,31,32,34)/t24-/m1/s1. The third-order valence-corrected chi connectivity index (χ3v) is 7.09. The molecule has 0 amide bonds. The maximum Gasteiger partial charge on any atom is 0.228 e. The van der Waals surface area contributed by atoms with Crippen LogP contribution in [0.5, 0.6) is 0 Å². The Hall–Kier alpha value is -3.92. The third kappa shape index (κ3) is 4.21. The molecule has 1 N–H and O–H groups in total. The average Bonchev–Trinajstić information content (AvgIpc) is 3.37. The summed E-state index contributed by atoms with van der Waals surface area (Å²) in [6.45, 7) is 8.61. The van der Waals surface area contributed by atoms with Crippen LogP contribution in [0.1, 0.15) is 31.3 Å². The van der Waals surface area contributed by atoms with Gasteiger partial charge in [0.25, 0.3) is 0 Å². The predicted octanol–water partition coefficient (Wildman–Crippen LogP) is 4.81. The number of hydrogen-bond donors (Lipinski definition) is 1. The number of benzene rings is 1. The van der Waals surface area contributed by atoms with Gasteiger partial charge in [-0.15, -0.1) is 0 Å². The first-order valence-electron chi connectivity index (χ1n) is 12.3. The number of nitrogens with one attached hydrogen (secondary N) is 1. The highest BCUT2D eigenvalue weighted by molar-refractivity contribution is 5.84. The number of aromatic nitrogens is 5. The van der Waals surface area contributed by atoms with Gasteiger partial charge in [-0.2, -0.15) is 0 Å². The summed E-state index contributed by atoms with van der Waals surface area (Å²) in [5, 5.41) is 3.04. The van der Waals surface area contributed by atoms with E-state index in [0.717, 1.165) is 31.4 Å². The maximum absolute atomic E-state index is 15.0. The summed E-state index contributed by atoms with van der Waals surface area (Å²) in [4.78, 5) is 22.0. The predicted molar refractivity (Wildman–Crippen MR) is 138 cm³/mol. The van der Waals surface area contributed by atoms with Gasteiger partial charge < -0.3 is 14.8 Å². The molecule has 190 valence electrons. The summed E-state index contributed by atoms with van der Waals surface area (Å²) in [5.74, 6) is 0.389. The summed E-state index contributed by atoms with van der Waals surface area (Å²) >= 11 is 0. The van der Waals surface area contributed by atoms with Crippen LogP contribution in [0.15, 0.2) is 48.6 Å². The van der Waals surface area contributed by atoms with E-state index in [2.05, 4.69) is 48.3 Å². The molecule has 0 bridgehead atoms. The Bertz CT molecular complexity index is 1530. The highest BCUT2D eigenvalue weighted by Crippen LogP contribution is 2.32. The Morgan fingerprint density at radius 2 is 1.84 bits per heavy atom. The van der Waals surface area contributed by atoms with Crippen molar-refractivity contribution in [3.05, 3.63) is 71.6 Å². The Labute approximate surface area is 213 Å². The highest BCUT2D eigenvalue weighted by Gasteiger charge is 2.35. The topological polar surface area (TPSA) is 75.0 Å². The summed E-state index contributed by atoms with van der Waals surface area (Å²) in [6, 6.07) is 5.23. The first-order valence-corrected chi connectivity index (χ1v) is 12.3. The van der Waals surface area contributed by atoms with Gasteiger partial charge in [0.1, 0.15) is 23.0 Å². The zero-order valence-corrected chi connectivity index (χ0v) is 21.2. The van der Waals surface area contributed by atoms with Crippen LogP contribution in [0.25, 0.3) is 22.2 Å². The second-order valence-electron chi connectivity index (χ2n) is 10.1. The van der Waals surface area contributed by atoms with E-state index in [1.54, 1.807) is 24.5 Å². The van der Waals surface area contributed by atoms with E-state index in [0.29, 0.717) is 34.7 Å². The number of pyridine rings is 1. The molecule has 1 saturated heterocycles. The van der Waals surface area contributed by atoms with Gasteiger partial charge in [-0.1, -0.05) is 0 Å². The van der Waals surface area contributed by atoms with E-state index in [9.17, 15) is 8.78 Å². The van der Waals surface area contributed by atoms with Crippen molar-refractivity contribution < 1.29 is 8.78 Å². The summed E-state index contributed by atoms with van der Waals surface area (Å²) in [7, 11) is 2.10. The fourth-order valence-corrected chi connectivity index (χ4v) is 5.38. The molecule has 6 rings (SSSR count). The van der Waals surface area contributed by atoms with Gasteiger partial charge >= 0.3 is 0 Å². The van der Waals surface area contributed by atoms with Crippen molar-refractivity contribution in [2.24, 2.45) is 0 Å². The Morgan fingerprint density at radius 1 is 1.05 bits per heavy atom. The van der Waals surface area contributed by atoms with E-state index in [1.807, 2.05) is 25.3 Å². The molecule has 4 aromatic rings. The van der Waals surface area contributed by atoms with E-state index in [1.165, 1.54) is 11.6 Å². The van der Waals surface area contributed by atoms with Crippen LogP contribution in [0.4, 0.5) is 20.5 Å². The quantitative estimate of drug-likeness (QED) is 0.405. The van der Waals surface area contributed by atoms with Gasteiger partial charge in [-0.05, 0) is 50.1 Å². The van der Waals surface area contributed by atoms with Crippen LogP contribution in [0.2, 0.25) is 0 Å². The second-order valence-corrected chi connectivity index (χ2v) is 10.1. The Morgan fingerprint density at radius 3 is 2.54 bits per heavy atom. The zero-order chi connectivity index (χ0) is 25.8. The minimum atomic E-state index is -0.548. The van der Waals surface area contributed by atoms with Crippen LogP contribution in [0, 0.1) is 18.6 Å². The van der Waals surface area contributed by atoms with Crippen molar-refractivity contribution >= 4 is 22.8 Å². The van der Waals surface area contributed by atoms with Crippen LogP contribution in [0.3, 0.4) is 0 Å². The van der Waals surface area contributed by atoms with Crippen LogP contribution >= 0.6 is 0 Å². The molecule has 5 heterocycles. The molecule has 2 aliphatic rings. The average molecular weight is 503 g/mol. The molecule has 1 atom stereocenters. The highest BCUT2D eigenvalue weighted by atomic mass is 19.1. The molecule has 3 aromatic heterocycles. The molecule has 0 radical (unpaired) electrons. The van der Waals surface area contributed by atoms with E-state index in [-0.39, 0.29) is 17.1 Å². The second kappa shape index (κ2) is 8.88. The molecular formula is C27H28F2N8. The van der Waals surface area contributed by atoms with Crippen molar-refractivity contribution in [2.45, 2.75) is 39.4 Å². The molecule has 1 aromatic carbocycles. The van der Waals surface area contributed by atoms with Crippen LogP contribution < -0.4 is 5.32 Å². The van der Waals surface area contributed by atoms with Crippen molar-refractivity contribution in [2.75, 3.05) is 25.5 Å². The Kier molecular flexibility index (Phi) is 5.63. The normalized spacial score (nSPS) is 17.3. The number of likely N-dealkylation sites (tertiary alicyclic amines) is 1. The number of fused-ring (bicyclic) bond motifs is 2. The fourth-order valence-electron chi connectivity index (χ4n) is 5.38. The molecule has 37 heavy (non-hydrogen) atoms. The number of nitrogens with zero attached hydrogens (tertiary/aromatic N) is 7. The number of imidazole rings is 1. The van der Waals surface area contributed by atoms with Gasteiger partial charge in [-0.25, -0.2) is 28.7 Å². The minimum Gasteiger partial charge on any atom is -0.372 e. The number of anilines is 2. The number of hydrogen-bond acceptors (Lipinski definition) is 7. The van der Waals surface area contributed by atoms with Crippen LogP contribution in [-0.4, -0.2) is 60.5 Å². The van der Waals surface area contributed by atoms with Crippen molar-refractivity contribution in [3.63, 3.8) is 0 Å². The molecule has 0 aliphatic carbocycles. The van der Waals surface area contributed by atoms with Gasteiger partial charge in [0.15, 0.2) is 5.82 Å². The lowest BCUT2D eigenvalue weighted by atomic mass is 10.0. The third-order valence-electron chi connectivity index (χ3n) is 7.09. The minimum absolute atomic E-state index is 0.0818. The number of rotatable bonds is 6. The number of halogens is 2. The summed E-state index contributed by atoms with van der Waals surface area (Å²) in [5.41, 5.74) is 4.03. The Balaban J connectivity index is 1.22. The molecule has 10 heteroatoms. The lowest BCUT2D eigenvalue weighted by molar-refractivity contribution is 0.274. The zero-order valence-electron chi connectivity index (χ0n) is 21.2. The van der Waals surface area contributed by atoms with E-state index >= 15 is 0 Å². The first kappa shape index (κ1) is 23.5. The molecule has 2 aliphatic heterocycles. The monoisotopic (exact) mass is 502 g/mol. The van der Waals surface area contributed by atoms with Crippen LogP contribution in [-0.2, 0) is 6.54 Å². The van der Waals surface area contributed by atoms with Crippen molar-refractivity contribution in [1.29, 1.82) is 0 Å². The lowest BCUT2D eigenvalue weighted by Crippen LogP contribution is -2.38. The molecule has 0 unspecified atom stereocenters. The smallest absolute Gasteiger partial charge is 0.228 e. The van der Waals surface area contributed by atoms with Gasteiger partial charge in [0, 0.05) is 62.4 Å². The van der Waals surface area contributed by atoms with Gasteiger partial charge in [-0.3, -0.25) is 4.90 Å². The van der Waals surface area contributed by atoms with Gasteiger partial charge in [0.2, 0.25) is 5.95 Å². The van der Waals surface area contributed by atoms with Crippen molar-refractivity contribution in [3.8, 4) is 11.1 Å². The number of aryl methyl sites for hydroxylation is 1. The maximum atomic E-state index is 15.0. The molecule has 0 spiro atoms. The molecule has 0 saturated carbocycles. The largest absolute Gasteiger partial charge is 0.372 e. The molecular weight excluding hydrogens is 474 g/mol. The lowest BCUT2D eigenvalue weighted by Gasteiger charge is -2.32.